The normalized spacial score (nSPS) is 14.7. The van der Waals surface area contributed by atoms with Gasteiger partial charge >= 0.3 is 12.1 Å². The minimum absolute atomic E-state index is 0.0511. The molecule has 1 aliphatic heterocycles. The molecule has 0 aromatic heterocycles. The van der Waals surface area contributed by atoms with Gasteiger partial charge in [-0.1, -0.05) is 12.1 Å². The monoisotopic (exact) mass is 305 g/mol. The van der Waals surface area contributed by atoms with Gasteiger partial charge in [0.2, 0.25) is 0 Å². The molecule has 0 unspecified atom stereocenters. The number of carbonyl (C=O) groups excluding carboxylic acids is 1. The Morgan fingerprint density at radius 2 is 1.95 bits per heavy atom. The van der Waals surface area contributed by atoms with E-state index in [1.807, 2.05) is 24.3 Å². The lowest BCUT2D eigenvalue weighted by Gasteiger charge is -2.28. The molecule has 2 rings (SSSR count). The first-order valence-corrected chi connectivity index (χ1v) is 7.08. The second kappa shape index (κ2) is 6.98. The van der Waals surface area contributed by atoms with Gasteiger partial charge in [0.25, 0.3) is 0 Å². The maximum absolute atomic E-state index is 12.1. The average molecular weight is 305 g/mol. The summed E-state index contributed by atoms with van der Waals surface area (Å²) in [5.41, 5.74) is 2.12. The topological polar surface area (TPSA) is 76.1 Å². The van der Waals surface area contributed by atoms with Crippen LogP contribution < -0.4 is 4.74 Å². The molecule has 1 aromatic carbocycles. The van der Waals surface area contributed by atoms with Crippen molar-refractivity contribution < 1.29 is 24.2 Å². The Bertz CT molecular complexity index is 591. The molecule has 6 nitrogen and oxygen atoms in total. The lowest BCUT2D eigenvalue weighted by atomic mass is 9.93. The number of amides is 1. The molecule has 1 heterocycles. The third-order valence-electron chi connectivity index (χ3n) is 3.58. The first kappa shape index (κ1) is 15.9. The zero-order valence-electron chi connectivity index (χ0n) is 12.7. The van der Waals surface area contributed by atoms with E-state index in [-0.39, 0.29) is 13.2 Å². The number of esters is 1. The number of carboxylic acid groups (broad SMARTS) is 1. The zero-order chi connectivity index (χ0) is 16.1. The molecule has 22 heavy (non-hydrogen) atoms. The van der Waals surface area contributed by atoms with Crippen LogP contribution in [0.5, 0.6) is 5.75 Å². The van der Waals surface area contributed by atoms with Crippen molar-refractivity contribution in [3.63, 3.8) is 0 Å². The quantitative estimate of drug-likeness (QED) is 0.864. The molecule has 0 saturated carbocycles. The minimum atomic E-state index is -1.03. The van der Waals surface area contributed by atoms with Gasteiger partial charge < -0.3 is 19.5 Å². The number of benzene rings is 1. The maximum Gasteiger partial charge on any atom is 0.407 e. The Hall–Kier alpha value is -2.50. The predicted molar refractivity (Wildman–Crippen MR) is 80.8 cm³/mol. The summed E-state index contributed by atoms with van der Waals surface area (Å²) in [5, 5.41) is 9.13. The van der Waals surface area contributed by atoms with Crippen LogP contribution in [-0.2, 0) is 9.53 Å². The summed E-state index contributed by atoms with van der Waals surface area (Å²) >= 11 is 0. The van der Waals surface area contributed by atoms with E-state index in [1.54, 1.807) is 14.0 Å². The molecule has 0 aliphatic carbocycles. The lowest BCUT2D eigenvalue weighted by molar-refractivity contribution is -0.138. The number of hydrogen-bond acceptors (Lipinski definition) is 4. The largest absolute Gasteiger partial charge is 0.497 e. The zero-order valence-corrected chi connectivity index (χ0v) is 12.7. The van der Waals surface area contributed by atoms with Gasteiger partial charge in [-0.05, 0) is 36.6 Å². The third-order valence-corrected chi connectivity index (χ3v) is 3.58. The summed E-state index contributed by atoms with van der Waals surface area (Å²) in [5.74, 6) is 0.268. The molecule has 0 radical (unpaired) electrons. The Labute approximate surface area is 128 Å². The van der Waals surface area contributed by atoms with Gasteiger partial charge in [-0.25, -0.2) is 9.59 Å². The molecule has 0 bridgehead atoms. The van der Waals surface area contributed by atoms with Gasteiger partial charge in [-0.2, -0.15) is 0 Å². The van der Waals surface area contributed by atoms with Crippen molar-refractivity contribution in [3.8, 4) is 5.75 Å². The molecule has 0 spiro atoms. The van der Waals surface area contributed by atoms with Gasteiger partial charge in [0.05, 0.1) is 25.8 Å². The van der Waals surface area contributed by atoms with Crippen LogP contribution in [0, 0.1) is 0 Å². The van der Waals surface area contributed by atoms with Crippen molar-refractivity contribution in [3.05, 3.63) is 35.4 Å². The first-order chi connectivity index (χ1) is 10.6. The highest BCUT2D eigenvalue weighted by Gasteiger charge is 2.28. The summed E-state index contributed by atoms with van der Waals surface area (Å²) in [7, 11) is 1.59. The number of ether oxygens (including phenoxy) is 2. The molecular formula is C16H19NO5. The van der Waals surface area contributed by atoms with E-state index in [1.165, 1.54) is 4.90 Å². The SMILES string of the molecule is CCOC(=O)C1=C(c2ccc(OC)cc2)CCN(C(=O)O)C1. The van der Waals surface area contributed by atoms with Crippen molar-refractivity contribution in [2.24, 2.45) is 0 Å². The van der Waals surface area contributed by atoms with Gasteiger partial charge in [-0.3, -0.25) is 0 Å². The van der Waals surface area contributed by atoms with Crippen LogP contribution in [0.3, 0.4) is 0 Å². The maximum atomic E-state index is 12.1. The second-order valence-electron chi connectivity index (χ2n) is 4.86. The second-order valence-corrected chi connectivity index (χ2v) is 4.86. The van der Waals surface area contributed by atoms with E-state index in [2.05, 4.69) is 0 Å². The molecule has 0 fully saturated rings. The standard InChI is InChI=1S/C16H19NO5/c1-3-22-15(18)14-10-17(16(19)20)9-8-13(14)11-4-6-12(21-2)7-5-11/h4-7H,3,8-10H2,1-2H3,(H,19,20). The Kier molecular flexibility index (Phi) is 5.04. The predicted octanol–water partition coefficient (Wildman–Crippen LogP) is 2.40. The van der Waals surface area contributed by atoms with E-state index in [0.717, 1.165) is 16.9 Å². The Balaban J connectivity index is 2.38. The summed E-state index contributed by atoms with van der Waals surface area (Å²) in [6, 6.07) is 7.36. The third kappa shape index (κ3) is 3.39. The van der Waals surface area contributed by atoms with E-state index in [9.17, 15) is 9.59 Å². The van der Waals surface area contributed by atoms with Crippen molar-refractivity contribution in [1.29, 1.82) is 0 Å². The summed E-state index contributed by atoms with van der Waals surface area (Å²) in [4.78, 5) is 24.5. The van der Waals surface area contributed by atoms with E-state index < -0.39 is 12.1 Å². The number of rotatable bonds is 4. The average Bonchev–Trinajstić information content (AvgIpc) is 2.54. The van der Waals surface area contributed by atoms with Crippen LogP contribution in [0.4, 0.5) is 4.79 Å². The van der Waals surface area contributed by atoms with Gasteiger partial charge in [0.15, 0.2) is 0 Å². The van der Waals surface area contributed by atoms with Gasteiger partial charge in [0.1, 0.15) is 5.75 Å². The highest BCUT2D eigenvalue weighted by atomic mass is 16.5. The molecule has 0 atom stereocenters. The molecule has 1 aromatic rings. The van der Waals surface area contributed by atoms with Crippen LogP contribution in [0.2, 0.25) is 0 Å². The fourth-order valence-electron chi connectivity index (χ4n) is 2.44. The van der Waals surface area contributed by atoms with Crippen molar-refractivity contribution in [2.75, 3.05) is 26.8 Å². The lowest BCUT2D eigenvalue weighted by Crippen LogP contribution is -2.38. The number of carbonyl (C=O) groups is 2. The molecule has 0 saturated heterocycles. The minimum Gasteiger partial charge on any atom is -0.497 e. The van der Waals surface area contributed by atoms with E-state index in [4.69, 9.17) is 14.6 Å². The smallest absolute Gasteiger partial charge is 0.407 e. The first-order valence-electron chi connectivity index (χ1n) is 7.08. The van der Waals surface area contributed by atoms with Crippen molar-refractivity contribution in [2.45, 2.75) is 13.3 Å². The van der Waals surface area contributed by atoms with Gasteiger partial charge in [-0.15, -0.1) is 0 Å². The van der Waals surface area contributed by atoms with Crippen LogP contribution in [0.1, 0.15) is 18.9 Å². The molecule has 1 aliphatic rings. The van der Waals surface area contributed by atoms with Gasteiger partial charge in [0, 0.05) is 6.54 Å². The van der Waals surface area contributed by atoms with Crippen LogP contribution in [-0.4, -0.2) is 48.9 Å². The summed E-state index contributed by atoms with van der Waals surface area (Å²) < 4.78 is 10.2. The number of methoxy groups -OCH3 is 1. The Morgan fingerprint density at radius 1 is 1.27 bits per heavy atom. The molecule has 1 amide bonds. The molecule has 6 heteroatoms. The Morgan fingerprint density at radius 3 is 2.50 bits per heavy atom. The van der Waals surface area contributed by atoms with E-state index in [0.29, 0.717) is 18.5 Å². The number of hydrogen-bond donors (Lipinski definition) is 1. The molecule has 118 valence electrons. The van der Waals surface area contributed by atoms with Crippen molar-refractivity contribution in [1.82, 2.24) is 4.90 Å². The van der Waals surface area contributed by atoms with Crippen molar-refractivity contribution >= 4 is 17.6 Å². The fourth-order valence-corrected chi connectivity index (χ4v) is 2.44. The van der Waals surface area contributed by atoms with Crippen LogP contribution in [0.25, 0.3) is 5.57 Å². The highest BCUT2D eigenvalue weighted by Crippen LogP contribution is 2.29. The van der Waals surface area contributed by atoms with Crippen LogP contribution in [0.15, 0.2) is 29.8 Å². The fraction of sp³-hybridized carbons (Fsp3) is 0.375. The highest BCUT2D eigenvalue weighted by molar-refractivity contribution is 5.99. The summed E-state index contributed by atoms with van der Waals surface area (Å²) in [6.07, 6.45) is -0.553. The molecule has 1 N–H and O–H groups in total. The number of nitrogens with zero attached hydrogens (tertiary/aromatic N) is 1. The van der Waals surface area contributed by atoms with E-state index >= 15 is 0 Å². The molecular weight excluding hydrogens is 286 g/mol. The summed E-state index contributed by atoms with van der Waals surface area (Å²) in [6.45, 7) is 2.39. The van der Waals surface area contributed by atoms with Crippen LogP contribution >= 0.6 is 0 Å².